The minimum absolute atomic E-state index is 0.290. The molecule has 0 fully saturated rings. The van der Waals surface area contributed by atoms with Crippen LogP contribution in [0.4, 0.5) is 4.39 Å². The zero-order valence-corrected chi connectivity index (χ0v) is 12.3. The van der Waals surface area contributed by atoms with Gasteiger partial charge >= 0.3 is 0 Å². The van der Waals surface area contributed by atoms with E-state index in [4.69, 9.17) is 10.3 Å². The Hall–Kier alpha value is -2.13. The fourth-order valence-corrected chi connectivity index (χ4v) is 2.28. The molecule has 2 N–H and O–H groups in total. The first-order valence-corrected chi connectivity index (χ1v) is 6.82. The lowest BCUT2D eigenvalue weighted by Gasteiger charge is -1.98. The lowest BCUT2D eigenvalue weighted by atomic mass is 10.2. The molecule has 0 saturated heterocycles. The largest absolute Gasteiger partial charge is 0.337 e. The number of hydrogen-bond donors (Lipinski definition) is 1. The summed E-state index contributed by atoms with van der Waals surface area (Å²) >= 11 is 3.27. The number of nitrogens with zero attached hydrogens (tertiary/aromatic N) is 5. The molecule has 0 saturated carbocycles. The third kappa shape index (κ3) is 2.98. The molecule has 0 atom stereocenters. The van der Waals surface area contributed by atoms with Crippen molar-refractivity contribution >= 4 is 15.9 Å². The van der Waals surface area contributed by atoms with Gasteiger partial charge in [0.05, 0.1) is 11.9 Å². The van der Waals surface area contributed by atoms with Gasteiger partial charge in [-0.1, -0.05) is 10.4 Å². The monoisotopic (exact) mass is 352 g/mol. The minimum atomic E-state index is -0.341. The Labute approximate surface area is 127 Å². The van der Waals surface area contributed by atoms with Crippen molar-refractivity contribution in [3.63, 3.8) is 0 Å². The van der Waals surface area contributed by atoms with Crippen molar-refractivity contribution in [2.75, 3.05) is 0 Å². The lowest BCUT2D eigenvalue weighted by Crippen LogP contribution is -2.01. The quantitative estimate of drug-likeness (QED) is 0.768. The first-order chi connectivity index (χ1) is 10.2. The van der Waals surface area contributed by atoms with E-state index in [0.717, 1.165) is 0 Å². The second-order valence-electron chi connectivity index (χ2n) is 4.25. The molecule has 7 nitrogen and oxygen atoms in total. The maximum atomic E-state index is 13.1. The van der Waals surface area contributed by atoms with Crippen LogP contribution in [0, 0.1) is 5.82 Å². The highest BCUT2D eigenvalue weighted by molar-refractivity contribution is 9.10. The molecular weight excluding hydrogens is 343 g/mol. The van der Waals surface area contributed by atoms with E-state index in [1.807, 2.05) is 0 Å². The highest BCUT2D eigenvalue weighted by atomic mass is 79.9. The van der Waals surface area contributed by atoms with E-state index in [0.29, 0.717) is 40.5 Å². The van der Waals surface area contributed by atoms with Crippen LogP contribution in [0.25, 0.3) is 11.4 Å². The van der Waals surface area contributed by atoms with Crippen LogP contribution in [-0.4, -0.2) is 25.1 Å². The Morgan fingerprint density at radius 1 is 1.38 bits per heavy atom. The molecule has 0 unspecified atom stereocenters. The Kier molecular flexibility index (Phi) is 3.76. The Morgan fingerprint density at radius 3 is 2.95 bits per heavy atom. The third-order valence-corrected chi connectivity index (χ3v) is 3.39. The maximum absolute atomic E-state index is 13.1. The Bertz CT molecular complexity index is 771. The molecular formula is C12H10BrFN6O. The number of benzene rings is 1. The predicted molar refractivity (Wildman–Crippen MR) is 74.4 cm³/mol. The highest BCUT2D eigenvalue weighted by Crippen LogP contribution is 2.26. The van der Waals surface area contributed by atoms with E-state index in [2.05, 4.69) is 36.4 Å². The first-order valence-electron chi connectivity index (χ1n) is 6.03. The summed E-state index contributed by atoms with van der Waals surface area (Å²) in [6.07, 6.45) is 1.71. The number of rotatable bonds is 4. The lowest BCUT2D eigenvalue weighted by molar-refractivity contribution is 0.364. The average molecular weight is 353 g/mol. The normalized spacial score (nSPS) is 11.0. The summed E-state index contributed by atoms with van der Waals surface area (Å²) in [6, 6.07) is 4.26. The van der Waals surface area contributed by atoms with E-state index in [9.17, 15) is 4.39 Å². The van der Waals surface area contributed by atoms with Gasteiger partial charge in [0.25, 0.3) is 0 Å². The third-order valence-electron chi connectivity index (χ3n) is 2.73. The number of halogens is 2. The van der Waals surface area contributed by atoms with Gasteiger partial charge in [-0.25, -0.2) is 9.07 Å². The van der Waals surface area contributed by atoms with Crippen LogP contribution < -0.4 is 5.73 Å². The SMILES string of the molecule is NCc1cn(Cc2nc(-c3ccc(F)cc3Br)no2)nn1. The molecule has 9 heteroatoms. The van der Waals surface area contributed by atoms with Crippen molar-refractivity contribution in [3.05, 3.63) is 46.3 Å². The molecule has 21 heavy (non-hydrogen) atoms. The molecule has 0 aliphatic heterocycles. The number of aromatic nitrogens is 5. The van der Waals surface area contributed by atoms with Gasteiger partial charge < -0.3 is 10.3 Å². The van der Waals surface area contributed by atoms with Crippen molar-refractivity contribution in [3.8, 4) is 11.4 Å². The predicted octanol–water partition coefficient (Wildman–Crippen LogP) is 1.74. The van der Waals surface area contributed by atoms with E-state index < -0.39 is 0 Å². The molecule has 0 amide bonds. The zero-order chi connectivity index (χ0) is 14.8. The van der Waals surface area contributed by atoms with E-state index >= 15 is 0 Å². The Morgan fingerprint density at radius 2 is 2.24 bits per heavy atom. The van der Waals surface area contributed by atoms with Crippen molar-refractivity contribution in [2.45, 2.75) is 13.1 Å². The number of nitrogens with two attached hydrogens (primary N) is 1. The maximum Gasteiger partial charge on any atom is 0.248 e. The summed E-state index contributed by atoms with van der Waals surface area (Å²) in [5.41, 5.74) is 6.79. The molecule has 0 radical (unpaired) electrons. The van der Waals surface area contributed by atoms with Crippen LogP contribution in [0.2, 0.25) is 0 Å². The van der Waals surface area contributed by atoms with Gasteiger partial charge in [0, 0.05) is 16.6 Å². The molecule has 3 aromatic rings. The van der Waals surface area contributed by atoms with Gasteiger partial charge in [-0.15, -0.1) is 5.10 Å². The van der Waals surface area contributed by atoms with Crippen LogP contribution in [0.15, 0.2) is 33.4 Å². The fraction of sp³-hybridized carbons (Fsp3) is 0.167. The molecule has 0 aliphatic carbocycles. The van der Waals surface area contributed by atoms with Gasteiger partial charge in [-0.3, -0.25) is 0 Å². The van der Waals surface area contributed by atoms with Crippen molar-refractivity contribution in [1.82, 2.24) is 25.1 Å². The molecule has 108 valence electrons. The van der Waals surface area contributed by atoms with E-state index in [1.165, 1.54) is 12.1 Å². The molecule has 0 spiro atoms. The van der Waals surface area contributed by atoms with E-state index in [-0.39, 0.29) is 5.82 Å². The van der Waals surface area contributed by atoms with Crippen LogP contribution in [0.5, 0.6) is 0 Å². The van der Waals surface area contributed by atoms with Gasteiger partial charge in [0.1, 0.15) is 12.4 Å². The summed E-state index contributed by atoms with van der Waals surface area (Å²) in [6.45, 7) is 0.608. The van der Waals surface area contributed by atoms with Crippen LogP contribution >= 0.6 is 15.9 Å². The van der Waals surface area contributed by atoms with Crippen LogP contribution in [0.1, 0.15) is 11.6 Å². The van der Waals surface area contributed by atoms with Crippen molar-refractivity contribution < 1.29 is 8.91 Å². The summed E-state index contributed by atoms with van der Waals surface area (Å²) < 4.78 is 20.3. The van der Waals surface area contributed by atoms with Crippen LogP contribution in [0.3, 0.4) is 0 Å². The molecule has 0 bridgehead atoms. The standard InChI is InChI=1S/C12H10BrFN6O/c13-10-3-7(14)1-2-9(10)12-16-11(21-18-12)6-20-5-8(4-15)17-19-20/h1-3,5H,4,6,15H2. The summed E-state index contributed by atoms with van der Waals surface area (Å²) in [5, 5.41) is 11.6. The second-order valence-corrected chi connectivity index (χ2v) is 5.10. The average Bonchev–Trinajstić information content (AvgIpc) is 3.08. The molecule has 0 aliphatic rings. The van der Waals surface area contributed by atoms with Crippen LogP contribution in [-0.2, 0) is 13.1 Å². The second kappa shape index (κ2) is 5.70. The summed E-state index contributed by atoms with van der Waals surface area (Å²) in [4.78, 5) is 4.25. The van der Waals surface area contributed by atoms with Gasteiger partial charge in [-0.2, -0.15) is 4.98 Å². The summed E-state index contributed by atoms with van der Waals surface area (Å²) in [5.74, 6) is 0.400. The number of hydrogen-bond acceptors (Lipinski definition) is 6. The smallest absolute Gasteiger partial charge is 0.248 e. The Balaban J connectivity index is 1.82. The summed E-state index contributed by atoms with van der Waals surface area (Å²) in [7, 11) is 0. The van der Waals surface area contributed by atoms with Gasteiger partial charge in [0.15, 0.2) is 0 Å². The highest BCUT2D eigenvalue weighted by Gasteiger charge is 2.13. The van der Waals surface area contributed by atoms with Crippen molar-refractivity contribution in [2.24, 2.45) is 5.73 Å². The fourth-order valence-electron chi connectivity index (χ4n) is 1.75. The van der Waals surface area contributed by atoms with Gasteiger partial charge in [0.2, 0.25) is 11.7 Å². The molecule has 2 heterocycles. The first kappa shape index (κ1) is 13.8. The molecule has 1 aromatic carbocycles. The topological polar surface area (TPSA) is 95.7 Å². The zero-order valence-electron chi connectivity index (χ0n) is 10.7. The minimum Gasteiger partial charge on any atom is -0.337 e. The van der Waals surface area contributed by atoms with Gasteiger partial charge in [-0.05, 0) is 34.1 Å². The van der Waals surface area contributed by atoms with E-state index in [1.54, 1.807) is 16.9 Å². The van der Waals surface area contributed by atoms with Crippen molar-refractivity contribution in [1.29, 1.82) is 0 Å². The molecule has 2 aromatic heterocycles. The molecule has 3 rings (SSSR count).